The van der Waals surface area contributed by atoms with Crippen LogP contribution in [0.3, 0.4) is 0 Å². The third kappa shape index (κ3) is 3.94. The number of carbonyl (C=O) groups excluding carboxylic acids is 2. The van der Waals surface area contributed by atoms with E-state index in [-0.39, 0.29) is 28.6 Å². The highest BCUT2D eigenvalue weighted by Crippen LogP contribution is 2.53. The van der Waals surface area contributed by atoms with Gasteiger partial charge in [-0.15, -0.1) is 0 Å². The van der Waals surface area contributed by atoms with Crippen LogP contribution in [0.1, 0.15) is 55.3 Å². The van der Waals surface area contributed by atoms with Crippen LogP contribution < -0.4 is 18.9 Å². The van der Waals surface area contributed by atoms with E-state index >= 15 is 0 Å². The zero-order chi connectivity index (χ0) is 24.3. The summed E-state index contributed by atoms with van der Waals surface area (Å²) in [5, 5.41) is 0. The monoisotopic (exact) mass is 442 g/mol. The molecule has 0 amide bonds. The van der Waals surface area contributed by atoms with Gasteiger partial charge in [-0.05, 0) is 35.6 Å². The fraction of sp³-hybridized carbons (Fsp3) is 0.462. The van der Waals surface area contributed by atoms with Crippen LogP contribution in [0.5, 0.6) is 23.0 Å². The highest BCUT2D eigenvalue weighted by atomic mass is 16.5. The third-order valence-electron chi connectivity index (χ3n) is 6.08. The maximum absolute atomic E-state index is 14.5. The van der Waals surface area contributed by atoms with Gasteiger partial charge in [0.15, 0.2) is 11.6 Å². The Morgan fingerprint density at radius 1 is 0.656 bits per heavy atom. The summed E-state index contributed by atoms with van der Waals surface area (Å²) >= 11 is 0. The van der Waals surface area contributed by atoms with Crippen LogP contribution in [-0.2, 0) is 0 Å². The number of hydrogen-bond donors (Lipinski definition) is 0. The van der Waals surface area contributed by atoms with E-state index in [0.717, 1.165) is 0 Å². The summed E-state index contributed by atoms with van der Waals surface area (Å²) < 4.78 is 22.0. The normalized spacial score (nSPS) is 11.8. The number of benzene rings is 2. The van der Waals surface area contributed by atoms with Crippen molar-refractivity contribution < 1.29 is 28.5 Å². The number of rotatable bonds is 9. The van der Waals surface area contributed by atoms with Crippen molar-refractivity contribution in [2.75, 3.05) is 28.4 Å². The molecule has 0 aliphatic carbocycles. The van der Waals surface area contributed by atoms with Crippen LogP contribution in [-0.4, -0.2) is 40.0 Å². The number of ether oxygens (including phenoxy) is 4. The molecular weight excluding hydrogens is 408 g/mol. The van der Waals surface area contributed by atoms with Crippen molar-refractivity contribution in [3.63, 3.8) is 0 Å². The molecule has 6 heteroatoms. The van der Waals surface area contributed by atoms with Gasteiger partial charge in [-0.2, -0.15) is 0 Å². The molecule has 0 aromatic heterocycles. The molecule has 0 aliphatic rings. The molecule has 2 aromatic rings. The predicted molar refractivity (Wildman–Crippen MR) is 124 cm³/mol. The fourth-order valence-corrected chi connectivity index (χ4v) is 4.72. The summed E-state index contributed by atoms with van der Waals surface area (Å²) in [6.07, 6.45) is 0. The number of Topliss-reactive ketones (excluding diaryl/α,β-unsaturated/α-hetero) is 2. The van der Waals surface area contributed by atoms with E-state index < -0.39 is 10.8 Å². The van der Waals surface area contributed by atoms with Crippen molar-refractivity contribution in [3.8, 4) is 23.0 Å². The summed E-state index contributed by atoms with van der Waals surface area (Å²) in [6, 6.07) is 10.3. The Balaban J connectivity index is 2.97. The Hall–Kier alpha value is -3.02. The Bertz CT molecular complexity index is 872. The molecule has 0 atom stereocenters. The second kappa shape index (κ2) is 9.63. The second-order valence-electron chi connectivity index (χ2n) is 8.95. The molecule has 0 aliphatic heterocycles. The SMILES string of the molecule is COc1cccc(OC)c1C(=O)C(C(=O)c1c(OC)cccc1OC)(C(C)C)C(C)(C)C. The lowest BCUT2D eigenvalue weighted by Gasteiger charge is -2.46. The molecule has 174 valence electrons. The van der Waals surface area contributed by atoms with Crippen LogP contribution in [0.4, 0.5) is 0 Å². The smallest absolute Gasteiger partial charge is 0.185 e. The summed E-state index contributed by atoms with van der Waals surface area (Å²) in [6.45, 7) is 9.45. The van der Waals surface area contributed by atoms with Gasteiger partial charge >= 0.3 is 0 Å². The number of hydrogen-bond acceptors (Lipinski definition) is 6. The Morgan fingerprint density at radius 3 is 1.12 bits per heavy atom. The molecule has 0 fully saturated rings. The van der Waals surface area contributed by atoms with E-state index in [2.05, 4.69) is 0 Å². The average molecular weight is 443 g/mol. The van der Waals surface area contributed by atoms with Gasteiger partial charge < -0.3 is 18.9 Å². The van der Waals surface area contributed by atoms with Gasteiger partial charge in [-0.25, -0.2) is 0 Å². The lowest BCUT2D eigenvalue weighted by atomic mass is 9.54. The van der Waals surface area contributed by atoms with Crippen molar-refractivity contribution in [1.29, 1.82) is 0 Å². The number of ketones is 2. The van der Waals surface area contributed by atoms with Crippen molar-refractivity contribution in [2.45, 2.75) is 34.6 Å². The first-order valence-electron chi connectivity index (χ1n) is 10.5. The Kier molecular flexibility index (Phi) is 7.60. The summed E-state index contributed by atoms with van der Waals surface area (Å²) in [5.74, 6) is 0.296. The largest absolute Gasteiger partial charge is 0.496 e. The highest BCUT2D eigenvalue weighted by molar-refractivity contribution is 6.23. The van der Waals surface area contributed by atoms with E-state index in [0.29, 0.717) is 23.0 Å². The molecule has 0 heterocycles. The number of methoxy groups -OCH3 is 4. The standard InChI is InChI=1S/C26H34O6/c1-16(2)26(25(3,4)5,23(27)21-17(29-6)12-10-13-18(21)30-7)24(28)22-19(31-8)14-11-15-20(22)32-9/h10-16H,1-9H3. The molecule has 0 saturated heterocycles. The minimum Gasteiger partial charge on any atom is -0.496 e. The molecule has 2 rings (SSSR count). The zero-order valence-corrected chi connectivity index (χ0v) is 20.5. The first-order chi connectivity index (χ1) is 15.0. The molecule has 32 heavy (non-hydrogen) atoms. The third-order valence-corrected chi connectivity index (χ3v) is 6.08. The minimum absolute atomic E-state index is 0.239. The molecule has 0 N–H and O–H groups in total. The molecular formula is C26H34O6. The second-order valence-corrected chi connectivity index (χ2v) is 8.95. The fourth-order valence-electron chi connectivity index (χ4n) is 4.72. The Morgan fingerprint density at radius 2 is 0.938 bits per heavy atom. The van der Waals surface area contributed by atoms with Gasteiger partial charge in [0.1, 0.15) is 39.5 Å². The van der Waals surface area contributed by atoms with Crippen molar-refractivity contribution >= 4 is 11.6 Å². The van der Waals surface area contributed by atoms with Crippen LogP contribution in [0.25, 0.3) is 0 Å². The quantitative estimate of drug-likeness (QED) is 0.379. The van der Waals surface area contributed by atoms with Gasteiger partial charge in [0, 0.05) is 0 Å². The van der Waals surface area contributed by atoms with Crippen LogP contribution in [0, 0.1) is 16.7 Å². The molecule has 0 bridgehead atoms. The molecule has 0 saturated carbocycles. The summed E-state index contributed by atoms with van der Waals surface area (Å²) in [4.78, 5) is 28.9. The van der Waals surface area contributed by atoms with Crippen molar-refractivity contribution in [1.82, 2.24) is 0 Å². The van der Waals surface area contributed by atoms with Gasteiger partial charge in [0.25, 0.3) is 0 Å². The topological polar surface area (TPSA) is 71.1 Å². The first kappa shape index (κ1) is 25.2. The first-order valence-corrected chi connectivity index (χ1v) is 10.5. The van der Waals surface area contributed by atoms with E-state index in [1.165, 1.54) is 28.4 Å². The molecule has 0 spiro atoms. The number of carbonyl (C=O) groups is 2. The van der Waals surface area contributed by atoms with Crippen LogP contribution in [0.15, 0.2) is 36.4 Å². The molecule has 6 nitrogen and oxygen atoms in total. The minimum atomic E-state index is -1.48. The van der Waals surface area contributed by atoms with E-state index in [4.69, 9.17) is 18.9 Å². The highest BCUT2D eigenvalue weighted by Gasteiger charge is 2.58. The van der Waals surface area contributed by atoms with E-state index in [9.17, 15) is 9.59 Å². The lowest BCUT2D eigenvalue weighted by Crippen LogP contribution is -2.53. The Labute approximate surface area is 190 Å². The van der Waals surface area contributed by atoms with Crippen LogP contribution in [0.2, 0.25) is 0 Å². The van der Waals surface area contributed by atoms with E-state index in [1.54, 1.807) is 36.4 Å². The molecule has 0 radical (unpaired) electrons. The van der Waals surface area contributed by atoms with Gasteiger partial charge in [0.05, 0.1) is 28.4 Å². The molecule has 0 unspecified atom stereocenters. The average Bonchev–Trinajstić information content (AvgIpc) is 2.76. The van der Waals surface area contributed by atoms with Crippen molar-refractivity contribution in [3.05, 3.63) is 47.5 Å². The maximum Gasteiger partial charge on any atom is 0.185 e. The predicted octanol–water partition coefficient (Wildman–Crippen LogP) is 5.48. The van der Waals surface area contributed by atoms with Crippen molar-refractivity contribution in [2.24, 2.45) is 16.7 Å². The van der Waals surface area contributed by atoms with Crippen LogP contribution >= 0.6 is 0 Å². The van der Waals surface area contributed by atoms with Gasteiger partial charge in [-0.3, -0.25) is 9.59 Å². The lowest BCUT2D eigenvalue weighted by molar-refractivity contribution is 0.0261. The van der Waals surface area contributed by atoms with Gasteiger partial charge in [0.2, 0.25) is 0 Å². The molecule has 2 aromatic carbocycles. The zero-order valence-electron chi connectivity index (χ0n) is 20.5. The van der Waals surface area contributed by atoms with E-state index in [1.807, 2.05) is 34.6 Å². The summed E-state index contributed by atoms with van der Waals surface area (Å²) in [5.41, 5.74) is -1.77. The maximum atomic E-state index is 14.5. The summed E-state index contributed by atoms with van der Waals surface area (Å²) in [7, 11) is 5.96. The van der Waals surface area contributed by atoms with Gasteiger partial charge in [-0.1, -0.05) is 46.8 Å².